The Morgan fingerprint density at radius 1 is 0.577 bits per heavy atom. The van der Waals surface area contributed by atoms with Gasteiger partial charge in [0, 0.05) is 11.1 Å². The minimum atomic E-state index is -0.623. The smallest absolute Gasteiger partial charge is 0.207 e. The zero-order chi connectivity index (χ0) is 37.7. The Kier molecular flexibility index (Phi) is 21.7. The van der Waals surface area contributed by atoms with E-state index in [4.69, 9.17) is 28.4 Å². The Balaban J connectivity index is 1.24. The van der Waals surface area contributed by atoms with Crippen LogP contribution in [-0.4, -0.2) is 86.5 Å². The van der Waals surface area contributed by atoms with Gasteiger partial charge in [0.1, 0.15) is 0 Å². The van der Waals surface area contributed by atoms with E-state index in [0.29, 0.717) is 42.9 Å². The molecule has 3 N–H and O–H groups in total. The molecule has 2 heterocycles. The fourth-order valence-electron chi connectivity index (χ4n) is 8.38. The van der Waals surface area contributed by atoms with Crippen molar-refractivity contribution in [2.24, 2.45) is 0 Å². The number of ether oxygens (including phenoxy) is 6. The first-order valence-corrected chi connectivity index (χ1v) is 21.0. The topological polar surface area (TPSA) is 116 Å². The van der Waals surface area contributed by atoms with E-state index in [0.717, 1.165) is 74.7 Å². The summed E-state index contributed by atoms with van der Waals surface area (Å²) >= 11 is 0. The molecule has 2 fully saturated rings. The normalized spacial score (nSPS) is 23.1. The summed E-state index contributed by atoms with van der Waals surface area (Å²) in [6, 6.07) is 0. The summed E-state index contributed by atoms with van der Waals surface area (Å²) in [5.74, 6) is 2.58. The largest absolute Gasteiger partial charge is 0.492 e. The van der Waals surface area contributed by atoms with Crippen LogP contribution in [0.2, 0.25) is 0 Å². The van der Waals surface area contributed by atoms with E-state index in [9.17, 15) is 15.3 Å². The summed E-state index contributed by atoms with van der Waals surface area (Å²) in [6.07, 6.45) is 23.3. The van der Waals surface area contributed by atoms with Crippen LogP contribution >= 0.6 is 0 Å². The number of hydrogen-bond donors (Lipinski definition) is 3. The number of benzene rings is 1. The first kappa shape index (κ1) is 44.6. The van der Waals surface area contributed by atoms with E-state index in [-0.39, 0.29) is 24.4 Å². The highest BCUT2D eigenvalue weighted by molar-refractivity contribution is 5.66. The molecule has 0 bridgehead atoms. The molecule has 0 aliphatic carbocycles. The van der Waals surface area contributed by atoms with E-state index in [1.165, 1.54) is 70.6 Å². The molecule has 0 saturated carbocycles. The highest BCUT2D eigenvalue weighted by Gasteiger charge is 2.35. The van der Waals surface area contributed by atoms with Gasteiger partial charge in [0.05, 0.1) is 71.2 Å². The maximum atomic E-state index is 10.9. The number of aliphatic hydroxyl groups excluding tert-OH is 3. The lowest BCUT2D eigenvalue weighted by Gasteiger charge is -2.36. The van der Waals surface area contributed by atoms with Crippen molar-refractivity contribution in [1.82, 2.24) is 0 Å². The molecule has 0 amide bonds. The average molecular weight is 737 g/mol. The molecule has 52 heavy (non-hydrogen) atoms. The molecule has 7 atom stereocenters. The van der Waals surface area contributed by atoms with Crippen molar-refractivity contribution in [3.8, 4) is 23.0 Å². The lowest BCUT2D eigenvalue weighted by Crippen LogP contribution is -2.44. The highest BCUT2D eigenvalue weighted by Crippen LogP contribution is 2.49. The third-order valence-corrected chi connectivity index (χ3v) is 11.6. The average Bonchev–Trinajstić information content (AvgIpc) is 3.63. The number of unbranched alkanes of at least 4 members (excludes halogenated alkanes) is 13. The SMILES string of the molecule is CCCCCCCCCC[C@@H]1O[C@H]([C@@H](O)CC[C@H](O)[C@@H]2CC[C@@H](CCCCCCCCCc3c(C)c(OC)c(OC)c(OC)c3OC)O2)CC[C@H]1O. The van der Waals surface area contributed by atoms with E-state index in [2.05, 4.69) is 6.92 Å². The predicted octanol–water partition coefficient (Wildman–Crippen LogP) is 9.18. The van der Waals surface area contributed by atoms with Gasteiger partial charge in [-0.15, -0.1) is 0 Å². The van der Waals surface area contributed by atoms with Gasteiger partial charge in [-0.3, -0.25) is 0 Å². The second kappa shape index (κ2) is 25.3. The number of rotatable bonds is 28. The molecule has 3 rings (SSSR count). The van der Waals surface area contributed by atoms with Crippen molar-refractivity contribution in [1.29, 1.82) is 0 Å². The minimum absolute atomic E-state index is 0.145. The Morgan fingerprint density at radius 2 is 1.06 bits per heavy atom. The van der Waals surface area contributed by atoms with E-state index >= 15 is 0 Å². The van der Waals surface area contributed by atoms with Gasteiger partial charge in [0.15, 0.2) is 11.5 Å². The van der Waals surface area contributed by atoms with Crippen molar-refractivity contribution in [3.05, 3.63) is 11.1 Å². The van der Waals surface area contributed by atoms with Gasteiger partial charge in [-0.2, -0.15) is 0 Å². The number of aliphatic hydroxyl groups is 3. The molecule has 9 heteroatoms. The van der Waals surface area contributed by atoms with Gasteiger partial charge in [-0.05, 0) is 71.1 Å². The molecule has 2 aliphatic rings. The number of hydrogen-bond acceptors (Lipinski definition) is 9. The molecule has 1 aromatic rings. The second-order valence-corrected chi connectivity index (χ2v) is 15.5. The lowest BCUT2D eigenvalue weighted by atomic mass is 9.92. The van der Waals surface area contributed by atoms with Crippen molar-refractivity contribution in [2.45, 2.75) is 211 Å². The van der Waals surface area contributed by atoms with Gasteiger partial charge in [-0.25, -0.2) is 0 Å². The summed E-state index contributed by atoms with van der Waals surface area (Å²) < 4.78 is 35.1. The van der Waals surface area contributed by atoms with E-state index < -0.39 is 18.3 Å². The Bertz CT molecular complexity index is 1100. The summed E-state index contributed by atoms with van der Waals surface area (Å²) in [7, 11) is 6.57. The van der Waals surface area contributed by atoms with Crippen LogP contribution in [0.25, 0.3) is 0 Å². The Labute approximate surface area is 316 Å². The molecule has 9 nitrogen and oxygen atoms in total. The molecular formula is C43H76O9. The summed E-state index contributed by atoms with van der Waals surface area (Å²) in [6.45, 7) is 4.30. The minimum Gasteiger partial charge on any atom is -0.492 e. The van der Waals surface area contributed by atoms with Crippen LogP contribution in [0, 0.1) is 6.92 Å². The van der Waals surface area contributed by atoms with Gasteiger partial charge in [0.2, 0.25) is 11.5 Å². The van der Waals surface area contributed by atoms with Gasteiger partial charge < -0.3 is 43.7 Å². The highest BCUT2D eigenvalue weighted by atomic mass is 16.5. The molecule has 2 aliphatic heterocycles. The Hall–Kier alpha value is -1.78. The molecule has 0 unspecified atom stereocenters. The molecule has 0 radical (unpaired) electrons. The predicted molar refractivity (Wildman–Crippen MR) is 208 cm³/mol. The molecule has 0 aromatic heterocycles. The lowest BCUT2D eigenvalue weighted by molar-refractivity contribution is -0.156. The molecular weight excluding hydrogens is 660 g/mol. The molecule has 2 saturated heterocycles. The third-order valence-electron chi connectivity index (χ3n) is 11.6. The van der Waals surface area contributed by atoms with Crippen molar-refractivity contribution in [3.63, 3.8) is 0 Å². The first-order valence-electron chi connectivity index (χ1n) is 21.0. The van der Waals surface area contributed by atoms with Gasteiger partial charge in [-0.1, -0.05) is 96.8 Å². The fraction of sp³-hybridized carbons (Fsp3) is 0.860. The third kappa shape index (κ3) is 14.1. The van der Waals surface area contributed by atoms with Crippen molar-refractivity contribution >= 4 is 0 Å². The van der Waals surface area contributed by atoms with Crippen molar-refractivity contribution < 1.29 is 43.7 Å². The second-order valence-electron chi connectivity index (χ2n) is 15.5. The summed E-state index contributed by atoms with van der Waals surface area (Å²) in [5, 5.41) is 32.4. The monoisotopic (exact) mass is 737 g/mol. The Morgan fingerprint density at radius 3 is 1.63 bits per heavy atom. The van der Waals surface area contributed by atoms with Crippen LogP contribution in [0.4, 0.5) is 0 Å². The van der Waals surface area contributed by atoms with Crippen LogP contribution in [0.3, 0.4) is 0 Å². The number of methoxy groups -OCH3 is 4. The molecule has 1 aromatic carbocycles. The summed E-state index contributed by atoms with van der Waals surface area (Å²) in [4.78, 5) is 0. The zero-order valence-electron chi connectivity index (χ0n) is 33.8. The maximum absolute atomic E-state index is 10.9. The van der Waals surface area contributed by atoms with Crippen LogP contribution in [0.1, 0.15) is 166 Å². The van der Waals surface area contributed by atoms with E-state index in [1.54, 1.807) is 28.4 Å². The van der Waals surface area contributed by atoms with Gasteiger partial charge >= 0.3 is 0 Å². The van der Waals surface area contributed by atoms with Crippen molar-refractivity contribution in [2.75, 3.05) is 28.4 Å². The quantitative estimate of drug-likeness (QED) is 0.0725. The van der Waals surface area contributed by atoms with Crippen LogP contribution in [0.5, 0.6) is 23.0 Å². The zero-order valence-corrected chi connectivity index (χ0v) is 33.8. The summed E-state index contributed by atoms with van der Waals surface area (Å²) in [5.41, 5.74) is 2.15. The fourth-order valence-corrected chi connectivity index (χ4v) is 8.38. The maximum Gasteiger partial charge on any atom is 0.207 e. The van der Waals surface area contributed by atoms with Gasteiger partial charge in [0.25, 0.3) is 0 Å². The standard InChI is InChI=1S/C43H76O9/c1-7-8-9-10-11-15-18-21-24-37-36(46)28-30-39(52-37)35(45)27-26-34(44)38-29-25-32(51-38)22-19-16-13-12-14-17-20-23-33-31(2)40(47-3)42(49-5)43(50-6)41(33)48-4/h32,34-39,44-46H,7-30H2,1-6H3/t32-,34+,35+,36-,37+,38+,39+/m1/s1. The van der Waals surface area contributed by atoms with Crippen LogP contribution in [0.15, 0.2) is 0 Å². The van der Waals surface area contributed by atoms with Crippen LogP contribution < -0.4 is 18.9 Å². The van der Waals surface area contributed by atoms with E-state index in [1.807, 2.05) is 6.92 Å². The molecule has 302 valence electrons. The first-order chi connectivity index (χ1) is 25.3. The van der Waals surface area contributed by atoms with Crippen LogP contribution in [-0.2, 0) is 15.9 Å². The molecule has 0 spiro atoms.